The van der Waals surface area contributed by atoms with Crippen molar-refractivity contribution in [3.05, 3.63) is 142 Å². The summed E-state index contributed by atoms with van der Waals surface area (Å²) in [5, 5.41) is 2.47. The average molecular weight is 567 g/mol. The maximum atomic E-state index is 14.7. The molecule has 40 heavy (non-hydrogen) atoms. The van der Waals surface area contributed by atoms with Crippen LogP contribution >= 0.6 is 0 Å². The van der Waals surface area contributed by atoms with Gasteiger partial charge in [-0.25, -0.2) is 13.2 Å². The minimum absolute atomic E-state index is 0.00276. The first kappa shape index (κ1) is 28.7. The zero-order valence-electron chi connectivity index (χ0n) is 20.2. The zero-order chi connectivity index (χ0) is 29.3. The summed E-state index contributed by atoms with van der Waals surface area (Å²) in [5.41, 5.74) is -5.83. The van der Waals surface area contributed by atoms with Crippen molar-refractivity contribution in [2.45, 2.75) is 24.3 Å². The first-order valence-electron chi connectivity index (χ1n) is 11.6. The van der Waals surface area contributed by atoms with Crippen LogP contribution in [-0.2, 0) is 24.3 Å². The third kappa shape index (κ3) is 6.13. The summed E-state index contributed by atoms with van der Waals surface area (Å²) in [7, 11) is 0. The fourth-order valence-electron chi connectivity index (χ4n) is 4.35. The summed E-state index contributed by atoms with van der Waals surface area (Å²) >= 11 is 0. The number of alkyl halides is 6. The molecule has 0 heterocycles. The molecule has 0 saturated heterocycles. The fraction of sp³-hybridized carbons (Fsp3) is 0.138. The predicted molar refractivity (Wildman–Crippen MR) is 128 cm³/mol. The first-order chi connectivity index (χ1) is 18.7. The second-order valence-electron chi connectivity index (χ2n) is 8.95. The Morgan fingerprint density at radius 1 is 0.625 bits per heavy atom. The molecule has 208 valence electrons. The van der Waals surface area contributed by atoms with Crippen LogP contribution in [0.3, 0.4) is 0 Å². The lowest BCUT2D eigenvalue weighted by Gasteiger charge is -2.37. The molecule has 0 aliphatic rings. The SMILES string of the molecule is O=C(NC(Cc1ccccc1)(c1ccc(F)cc1)c1cc(F)cc(C(F)(F)F)c1)c1ccc(F)c(C(F)(F)F)c1. The third-order valence-electron chi connectivity index (χ3n) is 6.23. The molecule has 0 fully saturated rings. The Kier molecular flexibility index (Phi) is 7.69. The highest BCUT2D eigenvalue weighted by atomic mass is 19.4. The Bertz CT molecular complexity index is 1510. The fourth-order valence-corrected chi connectivity index (χ4v) is 4.35. The van der Waals surface area contributed by atoms with Crippen molar-refractivity contribution in [3.63, 3.8) is 0 Å². The van der Waals surface area contributed by atoms with E-state index in [1.807, 2.05) is 0 Å². The van der Waals surface area contributed by atoms with E-state index in [1.54, 1.807) is 30.3 Å². The molecule has 0 aromatic heterocycles. The molecular formula is C29H18F9NO. The Labute approximate surface area is 222 Å². The highest BCUT2D eigenvalue weighted by molar-refractivity contribution is 5.95. The van der Waals surface area contributed by atoms with E-state index in [-0.39, 0.29) is 24.1 Å². The van der Waals surface area contributed by atoms with Gasteiger partial charge in [0, 0.05) is 12.0 Å². The van der Waals surface area contributed by atoms with Crippen LogP contribution in [-0.4, -0.2) is 5.91 Å². The van der Waals surface area contributed by atoms with Crippen LogP contribution in [0.2, 0.25) is 0 Å². The van der Waals surface area contributed by atoms with Crippen LogP contribution in [0.1, 0.15) is 38.2 Å². The highest BCUT2D eigenvalue weighted by Crippen LogP contribution is 2.39. The highest BCUT2D eigenvalue weighted by Gasteiger charge is 2.41. The van der Waals surface area contributed by atoms with Crippen molar-refractivity contribution >= 4 is 5.91 Å². The molecule has 1 unspecified atom stereocenters. The van der Waals surface area contributed by atoms with Gasteiger partial charge in [0.1, 0.15) is 17.5 Å². The average Bonchev–Trinajstić information content (AvgIpc) is 2.88. The maximum Gasteiger partial charge on any atom is 0.419 e. The largest absolute Gasteiger partial charge is 0.419 e. The van der Waals surface area contributed by atoms with E-state index in [0.29, 0.717) is 17.7 Å². The Hall–Kier alpha value is -4.28. The summed E-state index contributed by atoms with van der Waals surface area (Å²) in [5.74, 6) is -4.91. The molecule has 1 amide bonds. The second-order valence-corrected chi connectivity index (χ2v) is 8.95. The van der Waals surface area contributed by atoms with Crippen LogP contribution in [0.15, 0.2) is 91.0 Å². The molecule has 0 aliphatic carbocycles. The lowest BCUT2D eigenvalue weighted by atomic mass is 9.77. The van der Waals surface area contributed by atoms with Gasteiger partial charge in [0.2, 0.25) is 0 Å². The molecule has 11 heteroatoms. The first-order valence-corrected chi connectivity index (χ1v) is 11.6. The molecule has 1 atom stereocenters. The molecule has 4 aromatic rings. The van der Waals surface area contributed by atoms with Crippen molar-refractivity contribution < 1.29 is 44.3 Å². The molecule has 0 spiro atoms. The summed E-state index contributed by atoms with van der Waals surface area (Å²) < 4.78 is 123. The van der Waals surface area contributed by atoms with E-state index >= 15 is 0 Å². The number of hydrogen-bond acceptors (Lipinski definition) is 1. The van der Waals surface area contributed by atoms with Gasteiger partial charge in [0.05, 0.1) is 16.7 Å². The number of carbonyl (C=O) groups excluding carboxylic acids is 1. The predicted octanol–water partition coefficient (Wildman–Crippen LogP) is 8.06. The van der Waals surface area contributed by atoms with E-state index in [2.05, 4.69) is 5.32 Å². The van der Waals surface area contributed by atoms with Gasteiger partial charge >= 0.3 is 12.4 Å². The van der Waals surface area contributed by atoms with Crippen LogP contribution < -0.4 is 5.32 Å². The number of amides is 1. The molecule has 2 nitrogen and oxygen atoms in total. The molecular weight excluding hydrogens is 549 g/mol. The van der Waals surface area contributed by atoms with Crippen molar-refractivity contribution in [1.82, 2.24) is 5.32 Å². The summed E-state index contributed by atoms with van der Waals surface area (Å²) in [6.07, 6.45) is -10.5. The van der Waals surface area contributed by atoms with E-state index in [1.165, 1.54) is 0 Å². The van der Waals surface area contributed by atoms with Crippen LogP contribution in [0.5, 0.6) is 0 Å². The van der Waals surface area contributed by atoms with Gasteiger partial charge in [-0.3, -0.25) is 4.79 Å². The van der Waals surface area contributed by atoms with Gasteiger partial charge in [0.25, 0.3) is 5.91 Å². The van der Waals surface area contributed by atoms with Gasteiger partial charge in [-0.2, -0.15) is 26.3 Å². The number of halogens is 9. The monoisotopic (exact) mass is 567 g/mol. The van der Waals surface area contributed by atoms with Crippen molar-refractivity contribution in [3.8, 4) is 0 Å². The molecule has 0 radical (unpaired) electrons. The maximum absolute atomic E-state index is 14.7. The Balaban J connectivity index is 1.98. The van der Waals surface area contributed by atoms with E-state index in [9.17, 15) is 44.3 Å². The van der Waals surface area contributed by atoms with Gasteiger partial charge < -0.3 is 5.32 Å². The topological polar surface area (TPSA) is 29.1 Å². The second kappa shape index (κ2) is 10.7. The van der Waals surface area contributed by atoms with Gasteiger partial charge in [-0.15, -0.1) is 0 Å². The number of hydrogen-bond donors (Lipinski definition) is 1. The molecule has 0 bridgehead atoms. The smallest absolute Gasteiger partial charge is 0.338 e. The van der Waals surface area contributed by atoms with Crippen molar-refractivity contribution in [2.75, 3.05) is 0 Å². The molecule has 0 saturated carbocycles. The van der Waals surface area contributed by atoms with Crippen molar-refractivity contribution in [1.29, 1.82) is 0 Å². The number of nitrogens with one attached hydrogen (secondary N) is 1. The van der Waals surface area contributed by atoms with Crippen molar-refractivity contribution in [2.24, 2.45) is 0 Å². The van der Waals surface area contributed by atoms with Gasteiger partial charge in [-0.05, 0) is 65.2 Å². The Morgan fingerprint density at radius 2 is 1.25 bits per heavy atom. The molecule has 1 N–H and O–H groups in total. The summed E-state index contributed by atoms with van der Waals surface area (Å²) in [6, 6.07) is 15.2. The summed E-state index contributed by atoms with van der Waals surface area (Å²) in [4.78, 5) is 13.4. The van der Waals surface area contributed by atoms with E-state index < -0.39 is 63.5 Å². The molecule has 4 aromatic carbocycles. The third-order valence-corrected chi connectivity index (χ3v) is 6.23. The molecule has 4 rings (SSSR count). The van der Waals surface area contributed by atoms with E-state index in [4.69, 9.17) is 0 Å². The normalized spacial score (nSPS) is 13.5. The van der Waals surface area contributed by atoms with E-state index in [0.717, 1.165) is 36.4 Å². The lowest BCUT2D eigenvalue weighted by Crippen LogP contribution is -2.49. The van der Waals surface area contributed by atoms with Crippen LogP contribution in [0, 0.1) is 17.5 Å². The van der Waals surface area contributed by atoms with Gasteiger partial charge in [0.15, 0.2) is 0 Å². The minimum atomic E-state index is -5.15. The van der Waals surface area contributed by atoms with Gasteiger partial charge in [-0.1, -0.05) is 42.5 Å². The Morgan fingerprint density at radius 3 is 1.85 bits per heavy atom. The van der Waals surface area contributed by atoms with Crippen LogP contribution in [0.4, 0.5) is 39.5 Å². The number of rotatable bonds is 6. The van der Waals surface area contributed by atoms with Crippen LogP contribution in [0.25, 0.3) is 0 Å². The lowest BCUT2D eigenvalue weighted by molar-refractivity contribution is -0.140. The number of carbonyl (C=O) groups is 1. The quantitative estimate of drug-likeness (QED) is 0.235. The standard InChI is InChI=1S/C29H18F9NO/c30-22-9-7-19(8-10-22)27(16-17-4-2-1-3-5-17,20-13-21(28(33,34)35)15-23(31)14-20)39-26(40)18-6-11-25(32)24(12-18)29(36,37)38/h1-15H,16H2,(H,39,40). The zero-order valence-corrected chi connectivity index (χ0v) is 20.2. The number of benzene rings is 4. The minimum Gasteiger partial charge on any atom is -0.338 e. The summed E-state index contributed by atoms with van der Waals surface area (Å²) in [6.45, 7) is 0. The molecule has 0 aliphatic heterocycles.